The molecule has 0 aliphatic carbocycles. The van der Waals surface area contributed by atoms with E-state index in [1.54, 1.807) is 13.8 Å². The average Bonchev–Trinajstić information content (AvgIpc) is 2.30. The Morgan fingerprint density at radius 1 is 1.11 bits per heavy atom. The third kappa shape index (κ3) is 8.44. The van der Waals surface area contributed by atoms with Crippen LogP contribution in [0.1, 0.15) is 53.4 Å². The molecule has 0 aromatic heterocycles. The standard InChI is InChI=1S/C13H26O5/c1-5-7-9-16-13(4,17-10-8-6-2)18-12(3)15-11-14/h11-12H,5-10H2,1-4H3. The van der Waals surface area contributed by atoms with Gasteiger partial charge in [-0.05, 0) is 19.8 Å². The molecule has 0 saturated heterocycles. The van der Waals surface area contributed by atoms with Crippen LogP contribution in [0.15, 0.2) is 0 Å². The Bertz CT molecular complexity index is 198. The van der Waals surface area contributed by atoms with E-state index in [9.17, 15) is 4.79 Å². The van der Waals surface area contributed by atoms with Crippen LogP contribution >= 0.6 is 0 Å². The van der Waals surface area contributed by atoms with Gasteiger partial charge in [-0.2, -0.15) is 0 Å². The van der Waals surface area contributed by atoms with Crippen LogP contribution in [0.5, 0.6) is 0 Å². The topological polar surface area (TPSA) is 54.0 Å². The average molecular weight is 262 g/mol. The molecule has 108 valence electrons. The second-order valence-corrected chi connectivity index (χ2v) is 4.18. The third-order valence-corrected chi connectivity index (χ3v) is 2.35. The van der Waals surface area contributed by atoms with Crippen LogP contribution in [0.4, 0.5) is 0 Å². The molecular weight excluding hydrogens is 236 g/mol. The molecule has 0 aromatic rings. The van der Waals surface area contributed by atoms with E-state index < -0.39 is 12.3 Å². The van der Waals surface area contributed by atoms with Crippen molar-refractivity contribution >= 4 is 6.47 Å². The molecule has 0 aliphatic rings. The van der Waals surface area contributed by atoms with Gasteiger partial charge in [0.1, 0.15) is 0 Å². The molecule has 0 aromatic carbocycles. The smallest absolute Gasteiger partial charge is 0.295 e. The molecule has 0 N–H and O–H groups in total. The highest BCUT2D eigenvalue weighted by Gasteiger charge is 2.30. The summed E-state index contributed by atoms with van der Waals surface area (Å²) in [4.78, 5) is 10.2. The number of rotatable bonds is 12. The Balaban J connectivity index is 4.22. The molecule has 0 rings (SSSR count). The predicted molar refractivity (Wildman–Crippen MR) is 67.8 cm³/mol. The Morgan fingerprint density at radius 2 is 1.61 bits per heavy atom. The molecule has 0 saturated carbocycles. The first-order valence-corrected chi connectivity index (χ1v) is 6.62. The van der Waals surface area contributed by atoms with Crippen molar-refractivity contribution in [3.05, 3.63) is 0 Å². The summed E-state index contributed by atoms with van der Waals surface area (Å²) < 4.78 is 21.3. The fourth-order valence-electron chi connectivity index (χ4n) is 1.32. The van der Waals surface area contributed by atoms with Crippen LogP contribution in [0, 0.1) is 0 Å². The summed E-state index contributed by atoms with van der Waals surface area (Å²) in [7, 11) is 0. The molecule has 0 spiro atoms. The number of hydrogen-bond acceptors (Lipinski definition) is 5. The number of ether oxygens (including phenoxy) is 4. The summed E-state index contributed by atoms with van der Waals surface area (Å²) in [5.41, 5.74) is 0. The van der Waals surface area contributed by atoms with Crippen molar-refractivity contribution < 1.29 is 23.7 Å². The molecule has 5 heteroatoms. The Labute approximate surface area is 110 Å². The van der Waals surface area contributed by atoms with Crippen LogP contribution in [0.2, 0.25) is 0 Å². The van der Waals surface area contributed by atoms with Crippen molar-refractivity contribution in [1.29, 1.82) is 0 Å². The van der Waals surface area contributed by atoms with E-state index in [0.717, 1.165) is 25.7 Å². The van der Waals surface area contributed by atoms with Crippen molar-refractivity contribution in [3.63, 3.8) is 0 Å². The summed E-state index contributed by atoms with van der Waals surface area (Å²) >= 11 is 0. The molecule has 0 bridgehead atoms. The number of unbranched alkanes of at least 4 members (excludes halogenated alkanes) is 2. The zero-order valence-electron chi connectivity index (χ0n) is 11.9. The largest absolute Gasteiger partial charge is 0.438 e. The van der Waals surface area contributed by atoms with Gasteiger partial charge in [0, 0.05) is 6.92 Å². The molecule has 5 nitrogen and oxygen atoms in total. The van der Waals surface area contributed by atoms with Crippen LogP contribution in [0.3, 0.4) is 0 Å². The van der Waals surface area contributed by atoms with Gasteiger partial charge in [-0.3, -0.25) is 9.53 Å². The quantitative estimate of drug-likeness (QED) is 0.307. The fraction of sp³-hybridized carbons (Fsp3) is 0.923. The Kier molecular flexibility index (Phi) is 9.92. The van der Waals surface area contributed by atoms with Crippen molar-refractivity contribution in [2.75, 3.05) is 13.2 Å². The van der Waals surface area contributed by atoms with Gasteiger partial charge in [0.15, 0.2) is 0 Å². The van der Waals surface area contributed by atoms with E-state index in [-0.39, 0.29) is 0 Å². The van der Waals surface area contributed by atoms with E-state index in [0.29, 0.717) is 19.7 Å². The summed E-state index contributed by atoms with van der Waals surface area (Å²) in [6.07, 6.45) is 3.23. The van der Waals surface area contributed by atoms with Crippen LogP contribution in [0.25, 0.3) is 0 Å². The van der Waals surface area contributed by atoms with Gasteiger partial charge >= 0.3 is 0 Å². The van der Waals surface area contributed by atoms with Crippen LogP contribution < -0.4 is 0 Å². The minimum Gasteiger partial charge on any atom is -0.438 e. The Morgan fingerprint density at radius 3 is 2.00 bits per heavy atom. The molecule has 18 heavy (non-hydrogen) atoms. The van der Waals surface area contributed by atoms with Gasteiger partial charge in [0.05, 0.1) is 13.2 Å². The lowest BCUT2D eigenvalue weighted by atomic mass is 10.3. The zero-order valence-corrected chi connectivity index (χ0v) is 11.9. The van der Waals surface area contributed by atoms with E-state index in [4.69, 9.17) is 14.2 Å². The minimum absolute atomic E-state index is 0.350. The lowest BCUT2D eigenvalue weighted by Gasteiger charge is -2.31. The summed E-state index contributed by atoms with van der Waals surface area (Å²) in [6.45, 7) is 8.93. The highest BCUT2D eigenvalue weighted by atomic mass is 16.9. The molecular formula is C13H26O5. The molecule has 0 amide bonds. The summed E-state index contributed by atoms with van der Waals surface area (Å²) in [6, 6.07) is 0. The number of carbonyl (C=O) groups is 1. The second kappa shape index (κ2) is 10.3. The van der Waals surface area contributed by atoms with Gasteiger partial charge in [-0.25, -0.2) is 0 Å². The highest BCUT2D eigenvalue weighted by Crippen LogP contribution is 2.18. The SMILES string of the molecule is CCCCOC(C)(OCCCC)OC(C)OC=O. The van der Waals surface area contributed by atoms with Crippen LogP contribution in [-0.4, -0.2) is 31.9 Å². The first-order valence-electron chi connectivity index (χ1n) is 6.62. The van der Waals surface area contributed by atoms with Gasteiger partial charge in [-0.15, -0.1) is 0 Å². The van der Waals surface area contributed by atoms with E-state index in [1.807, 2.05) is 0 Å². The number of hydrogen-bond donors (Lipinski definition) is 0. The van der Waals surface area contributed by atoms with Gasteiger partial charge < -0.3 is 14.2 Å². The molecule has 1 atom stereocenters. The molecule has 0 aliphatic heterocycles. The Hall–Kier alpha value is -0.650. The lowest BCUT2D eigenvalue weighted by molar-refractivity contribution is -0.402. The summed E-state index contributed by atoms with van der Waals surface area (Å²) in [5, 5.41) is 0. The molecule has 0 radical (unpaired) electrons. The molecule has 0 heterocycles. The van der Waals surface area contributed by atoms with E-state index in [2.05, 4.69) is 18.6 Å². The van der Waals surface area contributed by atoms with Gasteiger partial charge in [0.2, 0.25) is 6.29 Å². The third-order valence-electron chi connectivity index (χ3n) is 2.35. The van der Waals surface area contributed by atoms with Crippen molar-refractivity contribution in [3.8, 4) is 0 Å². The van der Waals surface area contributed by atoms with Gasteiger partial charge in [0.25, 0.3) is 12.4 Å². The maximum atomic E-state index is 10.2. The lowest BCUT2D eigenvalue weighted by Crippen LogP contribution is -2.40. The summed E-state index contributed by atoms with van der Waals surface area (Å²) in [5.74, 6) is -1.16. The first-order chi connectivity index (χ1) is 8.58. The van der Waals surface area contributed by atoms with Crippen molar-refractivity contribution in [2.45, 2.75) is 65.6 Å². The molecule has 1 unspecified atom stereocenters. The highest BCUT2D eigenvalue weighted by molar-refractivity contribution is 5.37. The maximum absolute atomic E-state index is 10.2. The second-order valence-electron chi connectivity index (χ2n) is 4.18. The maximum Gasteiger partial charge on any atom is 0.295 e. The normalized spacial score (nSPS) is 13.3. The van der Waals surface area contributed by atoms with Gasteiger partial charge in [-0.1, -0.05) is 26.7 Å². The first kappa shape index (κ1) is 17.4. The molecule has 0 fully saturated rings. The van der Waals surface area contributed by atoms with E-state index >= 15 is 0 Å². The van der Waals surface area contributed by atoms with E-state index in [1.165, 1.54) is 0 Å². The van der Waals surface area contributed by atoms with Crippen molar-refractivity contribution in [2.24, 2.45) is 0 Å². The van der Waals surface area contributed by atoms with Crippen LogP contribution in [-0.2, 0) is 23.7 Å². The minimum atomic E-state index is -1.16. The zero-order chi connectivity index (χ0) is 13.9. The monoisotopic (exact) mass is 262 g/mol. The fourth-order valence-corrected chi connectivity index (χ4v) is 1.32. The predicted octanol–water partition coefficient (Wildman–Crippen LogP) is 2.83. The van der Waals surface area contributed by atoms with Crippen molar-refractivity contribution in [1.82, 2.24) is 0 Å². The number of carbonyl (C=O) groups excluding carboxylic acids is 1.